The predicted octanol–water partition coefficient (Wildman–Crippen LogP) is 2.55. The van der Waals surface area contributed by atoms with Gasteiger partial charge in [-0.2, -0.15) is 0 Å². The number of rotatable bonds is 6. The van der Waals surface area contributed by atoms with Gasteiger partial charge in [0.15, 0.2) is 15.9 Å². The third-order valence-corrected chi connectivity index (χ3v) is 5.35. The molecular formula is C17H25NO4S. The fourth-order valence-electron chi connectivity index (χ4n) is 2.80. The van der Waals surface area contributed by atoms with Crippen LogP contribution < -0.4 is 10.1 Å². The molecule has 0 radical (unpaired) electrons. The Morgan fingerprint density at radius 2 is 1.83 bits per heavy atom. The number of carbonyl (C=O) groups excluding carboxylic acids is 1. The van der Waals surface area contributed by atoms with Gasteiger partial charge in [-0.1, -0.05) is 19.3 Å². The van der Waals surface area contributed by atoms with Gasteiger partial charge in [0.25, 0.3) is 5.91 Å². The number of benzene rings is 1. The fraction of sp³-hybridized carbons (Fsp3) is 0.588. The van der Waals surface area contributed by atoms with Crippen LogP contribution in [-0.4, -0.2) is 33.2 Å². The van der Waals surface area contributed by atoms with Crippen molar-refractivity contribution in [1.82, 2.24) is 5.32 Å². The van der Waals surface area contributed by atoms with Gasteiger partial charge in [0, 0.05) is 12.8 Å². The van der Waals surface area contributed by atoms with Crippen LogP contribution in [0.1, 0.15) is 39.0 Å². The Labute approximate surface area is 138 Å². The van der Waals surface area contributed by atoms with Crippen LogP contribution in [0.5, 0.6) is 5.75 Å². The molecule has 0 spiro atoms. The second kappa shape index (κ2) is 7.81. The molecule has 0 heterocycles. The molecule has 0 aliphatic heterocycles. The van der Waals surface area contributed by atoms with Crippen molar-refractivity contribution in [2.75, 3.05) is 12.8 Å². The van der Waals surface area contributed by atoms with E-state index in [2.05, 4.69) is 5.32 Å². The zero-order valence-electron chi connectivity index (χ0n) is 13.7. The van der Waals surface area contributed by atoms with Crippen molar-refractivity contribution < 1.29 is 17.9 Å². The quantitative estimate of drug-likeness (QED) is 0.864. The third-order valence-electron chi connectivity index (χ3n) is 4.22. The van der Waals surface area contributed by atoms with Crippen LogP contribution in [0, 0.1) is 5.92 Å². The molecule has 23 heavy (non-hydrogen) atoms. The Balaban J connectivity index is 1.83. The summed E-state index contributed by atoms with van der Waals surface area (Å²) in [6, 6.07) is 6.11. The molecule has 0 aromatic heterocycles. The van der Waals surface area contributed by atoms with Crippen LogP contribution in [0.25, 0.3) is 0 Å². The average molecular weight is 339 g/mol. The largest absolute Gasteiger partial charge is 0.481 e. The summed E-state index contributed by atoms with van der Waals surface area (Å²) in [5, 5.41) is 2.95. The molecule has 1 unspecified atom stereocenters. The molecule has 6 heteroatoms. The molecule has 1 N–H and O–H groups in total. The maximum absolute atomic E-state index is 12.1. The van der Waals surface area contributed by atoms with Gasteiger partial charge in [-0.3, -0.25) is 4.79 Å². The molecule has 1 aliphatic carbocycles. The number of hydrogen-bond donors (Lipinski definition) is 1. The van der Waals surface area contributed by atoms with Gasteiger partial charge in [-0.15, -0.1) is 0 Å². The number of hydrogen-bond acceptors (Lipinski definition) is 4. The van der Waals surface area contributed by atoms with E-state index in [1.54, 1.807) is 19.1 Å². The van der Waals surface area contributed by atoms with Crippen molar-refractivity contribution in [1.29, 1.82) is 0 Å². The summed E-state index contributed by atoms with van der Waals surface area (Å²) in [4.78, 5) is 12.3. The highest BCUT2D eigenvalue weighted by atomic mass is 32.2. The number of ether oxygens (including phenoxy) is 1. The van der Waals surface area contributed by atoms with Crippen molar-refractivity contribution in [2.45, 2.75) is 50.0 Å². The van der Waals surface area contributed by atoms with Crippen molar-refractivity contribution in [3.63, 3.8) is 0 Å². The Hall–Kier alpha value is -1.56. The van der Waals surface area contributed by atoms with Gasteiger partial charge in [-0.05, 0) is 49.9 Å². The fourth-order valence-corrected chi connectivity index (χ4v) is 3.43. The van der Waals surface area contributed by atoms with Gasteiger partial charge in [-0.25, -0.2) is 8.42 Å². The lowest BCUT2D eigenvalue weighted by Crippen LogP contribution is -2.39. The second-order valence-electron chi connectivity index (χ2n) is 6.25. The van der Waals surface area contributed by atoms with Crippen molar-refractivity contribution in [3.05, 3.63) is 24.3 Å². The summed E-state index contributed by atoms with van der Waals surface area (Å²) in [5.41, 5.74) is 0. The van der Waals surface area contributed by atoms with Crippen molar-refractivity contribution in [2.24, 2.45) is 5.92 Å². The van der Waals surface area contributed by atoms with E-state index in [1.807, 2.05) is 0 Å². The van der Waals surface area contributed by atoms with Gasteiger partial charge < -0.3 is 10.1 Å². The van der Waals surface area contributed by atoms with E-state index >= 15 is 0 Å². The smallest absolute Gasteiger partial charge is 0.260 e. The lowest BCUT2D eigenvalue weighted by atomic mass is 9.89. The summed E-state index contributed by atoms with van der Waals surface area (Å²) in [7, 11) is -3.22. The molecule has 0 bridgehead atoms. The Kier molecular flexibility index (Phi) is 6.04. The van der Waals surface area contributed by atoms with Crippen LogP contribution in [0.2, 0.25) is 0 Å². The Morgan fingerprint density at radius 1 is 1.22 bits per heavy atom. The maximum Gasteiger partial charge on any atom is 0.260 e. The first-order valence-corrected chi connectivity index (χ1v) is 10.00. The van der Waals surface area contributed by atoms with E-state index in [0.717, 1.165) is 6.26 Å². The van der Waals surface area contributed by atoms with Crippen LogP contribution in [0.3, 0.4) is 0 Å². The number of amides is 1. The average Bonchev–Trinajstić information content (AvgIpc) is 2.53. The highest BCUT2D eigenvalue weighted by Gasteiger charge is 2.18. The van der Waals surface area contributed by atoms with Gasteiger partial charge in [0.1, 0.15) is 5.75 Å². The van der Waals surface area contributed by atoms with E-state index in [1.165, 1.54) is 44.2 Å². The van der Waals surface area contributed by atoms with E-state index < -0.39 is 15.9 Å². The SMILES string of the molecule is CC(Oc1ccc(S(C)(=O)=O)cc1)C(=O)NCC1CCCCC1. The van der Waals surface area contributed by atoms with Gasteiger partial charge in [0.05, 0.1) is 4.90 Å². The molecule has 128 valence electrons. The zero-order chi connectivity index (χ0) is 16.9. The van der Waals surface area contributed by atoms with E-state index in [0.29, 0.717) is 18.2 Å². The molecule has 2 rings (SSSR count). The summed E-state index contributed by atoms with van der Waals surface area (Å²) in [5.74, 6) is 0.925. The second-order valence-corrected chi connectivity index (χ2v) is 8.27. The minimum absolute atomic E-state index is 0.136. The Morgan fingerprint density at radius 3 is 2.39 bits per heavy atom. The molecule has 1 amide bonds. The Bertz CT molecular complexity index is 618. The highest BCUT2D eigenvalue weighted by Crippen LogP contribution is 2.23. The van der Waals surface area contributed by atoms with E-state index in [4.69, 9.17) is 4.74 Å². The summed E-state index contributed by atoms with van der Waals surface area (Å²) < 4.78 is 28.4. The number of sulfone groups is 1. The minimum Gasteiger partial charge on any atom is -0.481 e. The first-order valence-electron chi connectivity index (χ1n) is 8.11. The lowest BCUT2D eigenvalue weighted by molar-refractivity contribution is -0.127. The number of nitrogens with one attached hydrogen (secondary N) is 1. The lowest BCUT2D eigenvalue weighted by Gasteiger charge is -2.23. The van der Waals surface area contributed by atoms with Gasteiger partial charge >= 0.3 is 0 Å². The summed E-state index contributed by atoms with van der Waals surface area (Å²) >= 11 is 0. The molecule has 1 aromatic carbocycles. The van der Waals surface area contributed by atoms with Crippen LogP contribution >= 0.6 is 0 Å². The van der Waals surface area contributed by atoms with Gasteiger partial charge in [0.2, 0.25) is 0 Å². The van der Waals surface area contributed by atoms with E-state index in [-0.39, 0.29) is 10.8 Å². The van der Waals surface area contributed by atoms with Crippen LogP contribution in [-0.2, 0) is 14.6 Å². The monoisotopic (exact) mass is 339 g/mol. The predicted molar refractivity (Wildman–Crippen MR) is 89.2 cm³/mol. The first-order chi connectivity index (χ1) is 10.9. The molecular weight excluding hydrogens is 314 g/mol. The topological polar surface area (TPSA) is 72.5 Å². The standard InChI is InChI=1S/C17H25NO4S/c1-13(17(19)18-12-14-6-4-3-5-7-14)22-15-8-10-16(11-9-15)23(2,20)21/h8-11,13-14H,3-7,12H2,1-2H3,(H,18,19). The van der Waals surface area contributed by atoms with Crippen molar-refractivity contribution in [3.8, 4) is 5.75 Å². The molecule has 1 fully saturated rings. The summed E-state index contributed by atoms with van der Waals surface area (Å²) in [6.07, 6.45) is 6.71. The zero-order valence-corrected chi connectivity index (χ0v) is 14.6. The first kappa shape index (κ1) is 17.8. The van der Waals surface area contributed by atoms with Crippen molar-refractivity contribution >= 4 is 15.7 Å². The summed E-state index contributed by atoms with van der Waals surface area (Å²) in [6.45, 7) is 2.40. The maximum atomic E-state index is 12.1. The third kappa shape index (κ3) is 5.53. The molecule has 0 saturated heterocycles. The van der Waals surface area contributed by atoms with Crippen LogP contribution in [0.15, 0.2) is 29.2 Å². The van der Waals surface area contributed by atoms with Crippen LogP contribution in [0.4, 0.5) is 0 Å². The normalized spacial score (nSPS) is 17.5. The molecule has 1 aromatic rings. The van der Waals surface area contributed by atoms with E-state index in [9.17, 15) is 13.2 Å². The molecule has 1 aliphatic rings. The molecule has 1 saturated carbocycles. The minimum atomic E-state index is -3.22. The molecule has 1 atom stereocenters. The number of carbonyl (C=O) groups is 1. The molecule has 5 nitrogen and oxygen atoms in total. The highest BCUT2D eigenvalue weighted by molar-refractivity contribution is 7.90.